The first-order valence-corrected chi connectivity index (χ1v) is 5.76. The van der Waals surface area contributed by atoms with Gasteiger partial charge in [0.15, 0.2) is 0 Å². The predicted molar refractivity (Wildman–Crippen MR) is 44.9 cm³/mol. The van der Waals surface area contributed by atoms with E-state index in [4.69, 9.17) is 13.6 Å². The van der Waals surface area contributed by atoms with E-state index in [-0.39, 0.29) is 0 Å². The zero-order valence-corrected chi connectivity index (χ0v) is 8.36. The molecule has 0 bridgehead atoms. The maximum atomic E-state index is 5.19. The average molecular weight is 176 g/mol. The molecular weight excluding hydrogens is 160 g/mol. The number of rotatable bonds is 5. The molecule has 66 valence electrons. The second kappa shape index (κ2) is 4.87. The van der Waals surface area contributed by atoms with E-state index in [1.165, 1.54) is 6.42 Å². The molecule has 1 rings (SSSR count). The first kappa shape index (κ1) is 9.19. The molecule has 0 spiro atoms. The van der Waals surface area contributed by atoms with E-state index in [9.17, 15) is 0 Å². The predicted octanol–water partition coefficient (Wildman–Crippen LogP) is 0.536. The molecule has 1 fully saturated rings. The summed E-state index contributed by atoms with van der Waals surface area (Å²) in [5.74, 6) is 0.773. The molecule has 11 heavy (non-hydrogen) atoms. The Labute approximate surface area is 69.5 Å². The summed E-state index contributed by atoms with van der Waals surface area (Å²) in [6.07, 6.45) is 1.21. The van der Waals surface area contributed by atoms with Crippen molar-refractivity contribution in [2.24, 2.45) is 5.92 Å². The summed E-state index contributed by atoms with van der Waals surface area (Å²) >= 11 is 0. The zero-order chi connectivity index (χ0) is 8.10. The van der Waals surface area contributed by atoms with Gasteiger partial charge < -0.3 is 13.6 Å². The van der Waals surface area contributed by atoms with Crippen LogP contribution in [0.25, 0.3) is 0 Å². The summed E-state index contributed by atoms with van der Waals surface area (Å²) in [6, 6.07) is 1.11. The molecule has 0 aromatic heterocycles. The highest BCUT2D eigenvalue weighted by Gasteiger charge is 2.20. The average Bonchev–Trinajstić information content (AvgIpc) is 1.95. The topological polar surface area (TPSA) is 27.7 Å². The van der Waals surface area contributed by atoms with E-state index in [1.807, 2.05) is 0 Å². The molecule has 1 aliphatic heterocycles. The van der Waals surface area contributed by atoms with Crippen molar-refractivity contribution in [2.45, 2.75) is 12.5 Å². The lowest BCUT2D eigenvalue weighted by atomic mass is 10.1. The van der Waals surface area contributed by atoms with E-state index < -0.39 is 9.28 Å². The van der Waals surface area contributed by atoms with Gasteiger partial charge in [-0.05, 0) is 12.5 Å². The van der Waals surface area contributed by atoms with Crippen LogP contribution in [0.4, 0.5) is 0 Å². The molecule has 0 N–H and O–H groups in total. The largest absolute Gasteiger partial charge is 0.400 e. The highest BCUT2D eigenvalue weighted by Crippen LogP contribution is 2.17. The van der Waals surface area contributed by atoms with E-state index in [0.29, 0.717) is 0 Å². The van der Waals surface area contributed by atoms with Crippen LogP contribution in [0.2, 0.25) is 6.04 Å². The molecule has 0 aromatic rings. The van der Waals surface area contributed by atoms with Gasteiger partial charge in [0.1, 0.15) is 0 Å². The van der Waals surface area contributed by atoms with Crippen molar-refractivity contribution in [3.8, 4) is 0 Å². The molecule has 0 aliphatic carbocycles. The summed E-state index contributed by atoms with van der Waals surface area (Å²) in [5.41, 5.74) is 0. The third-order valence-corrected chi connectivity index (χ3v) is 3.90. The highest BCUT2D eigenvalue weighted by atomic mass is 28.3. The van der Waals surface area contributed by atoms with E-state index in [1.54, 1.807) is 14.2 Å². The standard InChI is InChI=1S/C7H16O3Si/c1-8-11(9-2)4-3-7-5-10-6-7/h7,11H,3-6H2,1-2H3. The van der Waals surface area contributed by atoms with Gasteiger partial charge in [0, 0.05) is 20.1 Å². The van der Waals surface area contributed by atoms with Gasteiger partial charge in [-0.3, -0.25) is 0 Å². The summed E-state index contributed by atoms with van der Waals surface area (Å²) < 4.78 is 15.5. The third-order valence-electron chi connectivity index (χ3n) is 2.04. The molecule has 0 unspecified atom stereocenters. The van der Waals surface area contributed by atoms with Crippen LogP contribution >= 0.6 is 0 Å². The molecule has 0 atom stereocenters. The lowest BCUT2D eigenvalue weighted by Crippen LogP contribution is -2.29. The van der Waals surface area contributed by atoms with Crippen LogP contribution < -0.4 is 0 Å². The van der Waals surface area contributed by atoms with Gasteiger partial charge >= 0.3 is 9.28 Å². The van der Waals surface area contributed by atoms with E-state index in [0.717, 1.165) is 25.2 Å². The minimum Gasteiger partial charge on any atom is -0.400 e. The Morgan fingerprint density at radius 1 is 1.36 bits per heavy atom. The molecule has 0 radical (unpaired) electrons. The fourth-order valence-corrected chi connectivity index (χ4v) is 2.56. The van der Waals surface area contributed by atoms with Gasteiger partial charge in [0.2, 0.25) is 0 Å². The Morgan fingerprint density at radius 3 is 2.36 bits per heavy atom. The van der Waals surface area contributed by atoms with E-state index >= 15 is 0 Å². The van der Waals surface area contributed by atoms with Crippen LogP contribution in [0.3, 0.4) is 0 Å². The van der Waals surface area contributed by atoms with Crippen molar-refractivity contribution in [1.29, 1.82) is 0 Å². The first-order valence-electron chi connectivity index (χ1n) is 4.00. The minimum absolute atomic E-state index is 0.773. The van der Waals surface area contributed by atoms with Crippen molar-refractivity contribution < 1.29 is 13.6 Å². The van der Waals surface area contributed by atoms with Crippen molar-refractivity contribution >= 4 is 9.28 Å². The maximum absolute atomic E-state index is 5.19. The molecule has 1 aliphatic rings. The number of hydrogen-bond acceptors (Lipinski definition) is 3. The summed E-state index contributed by atoms with van der Waals surface area (Å²) in [7, 11) is 2.18. The minimum atomic E-state index is -1.28. The van der Waals surface area contributed by atoms with Crippen LogP contribution in [-0.2, 0) is 13.6 Å². The van der Waals surface area contributed by atoms with Crippen LogP contribution in [0, 0.1) is 5.92 Å². The monoisotopic (exact) mass is 176 g/mol. The van der Waals surface area contributed by atoms with Gasteiger partial charge in [-0.15, -0.1) is 0 Å². The van der Waals surface area contributed by atoms with Crippen LogP contribution in [0.5, 0.6) is 0 Å². The molecule has 0 amide bonds. The SMILES string of the molecule is CO[SiH](CCC1COC1)OC. The first-order chi connectivity index (χ1) is 5.36. The lowest BCUT2D eigenvalue weighted by molar-refractivity contribution is -0.0338. The molecule has 4 heteroatoms. The second-order valence-corrected chi connectivity index (χ2v) is 5.26. The highest BCUT2D eigenvalue weighted by molar-refractivity contribution is 6.44. The Morgan fingerprint density at radius 2 is 2.00 bits per heavy atom. The number of hydrogen-bond donors (Lipinski definition) is 0. The van der Waals surface area contributed by atoms with Gasteiger partial charge in [0.05, 0.1) is 13.2 Å². The second-order valence-electron chi connectivity index (χ2n) is 2.88. The molecule has 0 aromatic carbocycles. The fraction of sp³-hybridized carbons (Fsp3) is 1.00. The summed E-state index contributed by atoms with van der Waals surface area (Å²) in [4.78, 5) is 0. The van der Waals surface area contributed by atoms with Crippen LogP contribution in [0.15, 0.2) is 0 Å². The molecule has 3 nitrogen and oxygen atoms in total. The van der Waals surface area contributed by atoms with Gasteiger partial charge in [-0.25, -0.2) is 0 Å². The molecule has 1 saturated heterocycles. The maximum Gasteiger partial charge on any atom is 0.320 e. The van der Waals surface area contributed by atoms with Crippen molar-refractivity contribution in [2.75, 3.05) is 27.4 Å². The quantitative estimate of drug-likeness (QED) is 0.572. The van der Waals surface area contributed by atoms with Crippen LogP contribution in [0.1, 0.15) is 6.42 Å². The van der Waals surface area contributed by atoms with Crippen LogP contribution in [-0.4, -0.2) is 36.7 Å². The van der Waals surface area contributed by atoms with Gasteiger partial charge in [-0.2, -0.15) is 0 Å². The fourth-order valence-electron chi connectivity index (χ4n) is 1.15. The normalized spacial score (nSPS) is 18.8. The van der Waals surface area contributed by atoms with Gasteiger partial charge in [-0.1, -0.05) is 0 Å². The Hall–Kier alpha value is 0.0969. The van der Waals surface area contributed by atoms with E-state index in [2.05, 4.69) is 0 Å². The Kier molecular flexibility index (Phi) is 4.07. The Bertz CT molecular complexity index is 102. The van der Waals surface area contributed by atoms with Crippen molar-refractivity contribution in [1.82, 2.24) is 0 Å². The summed E-state index contributed by atoms with van der Waals surface area (Å²) in [6.45, 7) is 1.88. The van der Waals surface area contributed by atoms with Crippen molar-refractivity contribution in [3.05, 3.63) is 0 Å². The van der Waals surface area contributed by atoms with Crippen molar-refractivity contribution in [3.63, 3.8) is 0 Å². The molecule has 0 saturated carbocycles. The van der Waals surface area contributed by atoms with Gasteiger partial charge in [0.25, 0.3) is 0 Å². The smallest absolute Gasteiger partial charge is 0.320 e. The summed E-state index contributed by atoms with van der Waals surface area (Å²) in [5, 5.41) is 0. The lowest BCUT2D eigenvalue weighted by Gasteiger charge is -2.26. The Balaban J connectivity index is 1.99. The third kappa shape index (κ3) is 2.90. The molecular formula is C7H16O3Si. The number of ether oxygens (including phenoxy) is 1. The zero-order valence-electron chi connectivity index (χ0n) is 7.21. The molecule has 1 heterocycles.